The standard InChI is InChI=1S/C17H15ClN2OS/c18-13-7-5-12(6-8-13)11-16(21)19-10-9-17-20-14-3-1-2-4-15(14)22-17/h1-8H,9-11H2,(H,19,21). The van der Waals surface area contributed by atoms with Crippen molar-refractivity contribution in [3.8, 4) is 0 Å². The first-order valence-corrected chi connectivity index (χ1v) is 8.26. The van der Waals surface area contributed by atoms with E-state index in [2.05, 4.69) is 16.4 Å². The number of thiazole rings is 1. The summed E-state index contributed by atoms with van der Waals surface area (Å²) in [6.45, 7) is 0.603. The number of fused-ring (bicyclic) bond motifs is 1. The first-order valence-electron chi connectivity index (χ1n) is 7.06. The maximum Gasteiger partial charge on any atom is 0.224 e. The average Bonchev–Trinajstić information content (AvgIpc) is 2.92. The Bertz CT molecular complexity index is 750. The number of hydrogen-bond acceptors (Lipinski definition) is 3. The molecule has 0 bridgehead atoms. The number of nitrogens with zero attached hydrogens (tertiary/aromatic N) is 1. The van der Waals surface area contributed by atoms with E-state index in [1.54, 1.807) is 23.5 Å². The third-order valence-corrected chi connectivity index (χ3v) is 4.63. The topological polar surface area (TPSA) is 42.0 Å². The molecule has 0 atom stereocenters. The second-order valence-electron chi connectivity index (χ2n) is 4.98. The Kier molecular flexibility index (Phi) is 4.71. The Morgan fingerprint density at radius 1 is 1.14 bits per heavy atom. The number of amides is 1. The molecule has 0 saturated carbocycles. The molecule has 0 aliphatic heterocycles. The van der Waals surface area contributed by atoms with Crippen molar-refractivity contribution < 1.29 is 4.79 Å². The molecule has 1 heterocycles. The van der Waals surface area contributed by atoms with Crippen LogP contribution >= 0.6 is 22.9 Å². The van der Waals surface area contributed by atoms with Crippen LogP contribution in [-0.4, -0.2) is 17.4 Å². The zero-order valence-corrected chi connectivity index (χ0v) is 13.5. The van der Waals surface area contributed by atoms with Gasteiger partial charge in [0, 0.05) is 18.0 Å². The van der Waals surface area contributed by atoms with Gasteiger partial charge in [0.1, 0.15) is 0 Å². The van der Waals surface area contributed by atoms with Crippen LogP contribution in [-0.2, 0) is 17.6 Å². The largest absolute Gasteiger partial charge is 0.355 e. The molecule has 0 fully saturated rings. The lowest BCUT2D eigenvalue weighted by molar-refractivity contribution is -0.120. The summed E-state index contributed by atoms with van der Waals surface area (Å²) in [5.74, 6) is 0.0171. The van der Waals surface area contributed by atoms with E-state index in [4.69, 9.17) is 11.6 Å². The van der Waals surface area contributed by atoms with Gasteiger partial charge in [0.25, 0.3) is 0 Å². The molecule has 2 aromatic carbocycles. The van der Waals surface area contributed by atoms with Gasteiger partial charge in [0.15, 0.2) is 0 Å². The second kappa shape index (κ2) is 6.90. The summed E-state index contributed by atoms with van der Waals surface area (Å²) in [6, 6.07) is 15.4. The molecule has 112 valence electrons. The molecule has 22 heavy (non-hydrogen) atoms. The van der Waals surface area contributed by atoms with Crippen molar-refractivity contribution in [1.29, 1.82) is 0 Å². The maximum absolute atomic E-state index is 11.9. The minimum atomic E-state index is 0.0171. The predicted molar refractivity (Wildman–Crippen MR) is 91.5 cm³/mol. The molecule has 0 aliphatic carbocycles. The third kappa shape index (κ3) is 3.84. The Labute approximate surface area is 138 Å². The quantitative estimate of drug-likeness (QED) is 0.772. The van der Waals surface area contributed by atoms with Crippen LogP contribution in [0.3, 0.4) is 0 Å². The summed E-state index contributed by atoms with van der Waals surface area (Å²) in [7, 11) is 0. The summed E-state index contributed by atoms with van der Waals surface area (Å²) in [5.41, 5.74) is 1.98. The minimum absolute atomic E-state index is 0.0171. The molecule has 3 nitrogen and oxygen atoms in total. The lowest BCUT2D eigenvalue weighted by Gasteiger charge is -2.04. The summed E-state index contributed by atoms with van der Waals surface area (Å²) in [4.78, 5) is 16.5. The second-order valence-corrected chi connectivity index (χ2v) is 6.53. The highest BCUT2D eigenvalue weighted by Gasteiger charge is 2.05. The molecule has 5 heteroatoms. The molecular formula is C17H15ClN2OS. The van der Waals surface area contributed by atoms with Crippen LogP contribution in [0.5, 0.6) is 0 Å². The number of rotatable bonds is 5. The van der Waals surface area contributed by atoms with Crippen LogP contribution in [0.2, 0.25) is 5.02 Å². The Morgan fingerprint density at radius 2 is 1.91 bits per heavy atom. The smallest absolute Gasteiger partial charge is 0.224 e. The number of para-hydroxylation sites is 1. The van der Waals surface area contributed by atoms with Gasteiger partial charge in [-0.2, -0.15) is 0 Å². The van der Waals surface area contributed by atoms with Crippen molar-refractivity contribution in [1.82, 2.24) is 10.3 Å². The molecular weight excluding hydrogens is 316 g/mol. The minimum Gasteiger partial charge on any atom is -0.355 e. The number of benzene rings is 2. The summed E-state index contributed by atoms with van der Waals surface area (Å²) >= 11 is 7.50. The van der Waals surface area contributed by atoms with Crippen molar-refractivity contribution in [2.75, 3.05) is 6.54 Å². The lowest BCUT2D eigenvalue weighted by atomic mass is 10.1. The number of aromatic nitrogens is 1. The molecule has 3 rings (SSSR count). The molecule has 0 unspecified atom stereocenters. The van der Waals surface area contributed by atoms with Gasteiger partial charge in [-0.15, -0.1) is 11.3 Å². The van der Waals surface area contributed by atoms with Gasteiger partial charge in [-0.3, -0.25) is 4.79 Å². The Morgan fingerprint density at radius 3 is 2.68 bits per heavy atom. The summed E-state index contributed by atoms with van der Waals surface area (Å²) in [5, 5.41) is 4.66. The monoisotopic (exact) mass is 330 g/mol. The van der Waals surface area contributed by atoms with Crippen molar-refractivity contribution in [3.05, 3.63) is 64.1 Å². The van der Waals surface area contributed by atoms with Crippen molar-refractivity contribution >= 4 is 39.1 Å². The van der Waals surface area contributed by atoms with E-state index in [9.17, 15) is 4.79 Å². The van der Waals surface area contributed by atoms with Gasteiger partial charge in [-0.25, -0.2) is 4.98 Å². The van der Waals surface area contributed by atoms with E-state index >= 15 is 0 Å². The summed E-state index contributed by atoms with van der Waals surface area (Å²) in [6.07, 6.45) is 1.13. The number of carbonyl (C=O) groups is 1. The van der Waals surface area contributed by atoms with Crippen LogP contribution in [0.4, 0.5) is 0 Å². The average molecular weight is 331 g/mol. The van der Waals surface area contributed by atoms with Crippen molar-refractivity contribution in [3.63, 3.8) is 0 Å². The highest BCUT2D eigenvalue weighted by molar-refractivity contribution is 7.18. The van der Waals surface area contributed by atoms with E-state index < -0.39 is 0 Å². The van der Waals surface area contributed by atoms with Crippen molar-refractivity contribution in [2.45, 2.75) is 12.8 Å². The van der Waals surface area contributed by atoms with E-state index in [1.165, 1.54) is 4.70 Å². The lowest BCUT2D eigenvalue weighted by Crippen LogP contribution is -2.27. The SMILES string of the molecule is O=C(Cc1ccc(Cl)cc1)NCCc1nc2ccccc2s1. The molecule has 1 N–H and O–H groups in total. The molecule has 3 aromatic rings. The first kappa shape index (κ1) is 15.0. The molecule has 1 aromatic heterocycles. The first-order chi connectivity index (χ1) is 10.7. The van der Waals surface area contributed by atoms with Crippen LogP contribution in [0.25, 0.3) is 10.2 Å². The fourth-order valence-electron chi connectivity index (χ4n) is 2.19. The molecule has 0 saturated heterocycles. The van der Waals surface area contributed by atoms with Crippen LogP contribution < -0.4 is 5.32 Å². The van der Waals surface area contributed by atoms with E-state index in [-0.39, 0.29) is 5.91 Å². The van der Waals surface area contributed by atoms with Gasteiger partial charge in [0.2, 0.25) is 5.91 Å². The Hall–Kier alpha value is -1.91. The molecule has 0 aliphatic rings. The number of hydrogen-bond donors (Lipinski definition) is 1. The highest BCUT2D eigenvalue weighted by Crippen LogP contribution is 2.21. The zero-order chi connectivity index (χ0) is 15.4. The van der Waals surface area contributed by atoms with E-state index in [1.807, 2.05) is 30.3 Å². The van der Waals surface area contributed by atoms with Gasteiger partial charge in [0.05, 0.1) is 21.6 Å². The van der Waals surface area contributed by atoms with Crippen LogP contribution in [0, 0.1) is 0 Å². The highest BCUT2D eigenvalue weighted by atomic mass is 35.5. The van der Waals surface area contributed by atoms with Crippen molar-refractivity contribution in [2.24, 2.45) is 0 Å². The molecule has 1 amide bonds. The van der Waals surface area contributed by atoms with Crippen LogP contribution in [0.15, 0.2) is 48.5 Å². The zero-order valence-electron chi connectivity index (χ0n) is 11.9. The van der Waals surface area contributed by atoms with Gasteiger partial charge >= 0.3 is 0 Å². The number of nitrogens with one attached hydrogen (secondary N) is 1. The summed E-state index contributed by atoms with van der Waals surface area (Å²) < 4.78 is 1.19. The van der Waals surface area contributed by atoms with E-state index in [0.717, 1.165) is 22.5 Å². The van der Waals surface area contributed by atoms with Gasteiger partial charge < -0.3 is 5.32 Å². The fraction of sp³-hybridized carbons (Fsp3) is 0.176. The third-order valence-electron chi connectivity index (χ3n) is 3.28. The van der Waals surface area contributed by atoms with Crippen LogP contribution in [0.1, 0.15) is 10.6 Å². The molecule has 0 spiro atoms. The van der Waals surface area contributed by atoms with E-state index in [0.29, 0.717) is 18.0 Å². The number of carbonyl (C=O) groups excluding carboxylic acids is 1. The van der Waals surface area contributed by atoms with Gasteiger partial charge in [-0.05, 0) is 29.8 Å². The van der Waals surface area contributed by atoms with Gasteiger partial charge in [-0.1, -0.05) is 35.9 Å². The normalized spacial score (nSPS) is 10.8. The Balaban J connectivity index is 1.49. The maximum atomic E-state index is 11.9. The predicted octanol–water partition coefficient (Wildman–Crippen LogP) is 3.85. The number of halogens is 1. The molecule has 0 radical (unpaired) electrons. The fourth-order valence-corrected chi connectivity index (χ4v) is 3.28.